The van der Waals surface area contributed by atoms with Gasteiger partial charge in [-0.05, 0) is 12.5 Å². The van der Waals surface area contributed by atoms with Crippen molar-refractivity contribution in [2.75, 3.05) is 12.5 Å². The van der Waals surface area contributed by atoms with E-state index in [9.17, 15) is 4.79 Å². The second-order valence-electron chi connectivity index (χ2n) is 4.02. The summed E-state index contributed by atoms with van der Waals surface area (Å²) < 4.78 is 2.90. The lowest BCUT2D eigenvalue weighted by Crippen LogP contribution is -3.00. The Bertz CT molecular complexity index is 609. The molecule has 2 nitrogen and oxygen atoms in total. The van der Waals surface area contributed by atoms with Crippen LogP contribution in [0.5, 0.6) is 0 Å². The zero-order chi connectivity index (χ0) is 14.4. The molecule has 0 fully saturated rings. The fraction of sp³-hybridized carbons (Fsp3) is 0.125. The monoisotopic (exact) mass is 429 g/mol. The van der Waals surface area contributed by atoms with Gasteiger partial charge in [-0.15, -0.1) is 23.5 Å². The third-order valence-corrected chi connectivity index (χ3v) is 4.92. The minimum Gasteiger partial charge on any atom is -1.00 e. The maximum Gasteiger partial charge on any atom is 0.279 e. The summed E-state index contributed by atoms with van der Waals surface area (Å²) in [7, 11) is 0. The first-order chi connectivity index (χ1) is 9.77. The Labute approximate surface area is 151 Å². The number of thioether (sulfide) groups is 2. The predicted octanol–water partition coefficient (Wildman–Crippen LogP) is 0.713. The summed E-state index contributed by atoms with van der Waals surface area (Å²) in [6.07, 6.45) is 7.80. The smallest absolute Gasteiger partial charge is 0.279 e. The van der Waals surface area contributed by atoms with Crippen molar-refractivity contribution in [1.82, 2.24) is 0 Å². The fourth-order valence-electron chi connectivity index (χ4n) is 1.87. The van der Waals surface area contributed by atoms with E-state index in [0.29, 0.717) is 11.3 Å². The van der Waals surface area contributed by atoms with Gasteiger partial charge in [-0.1, -0.05) is 36.4 Å². The first-order valence-corrected chi connectivity index (χ1v) is 8.61. The quantitative estimate of drug-likeness (QED) is 0.303. The second-order valence-corrected chi connectivity index (χ2v) is 5.91. The zero-order valence-electron chi connectivity index (χ0n) is 11.8. The number of allylic oxidation sites excluding steroid dienone is 1. The van der Waals surface area contributed by atoms with Gasteiger partial charge in [0.25, 0.3) is 11.5 Å². The minimum absolute atomic E-state index is 0. The van der Waals surface area contributed by atoms with Gasteiger partial charge in [0.2, 0.25) is 0 Å². The Balaban J connectivity index is 0.00000220. The number of aromatic nitrogens is 1. The van der Waals surface area contributed by atoms with E-state index in [1.54, 1.807) is 23.5 Å². The molecule has 0 saturated carbocycles. The van der Waals surface area contributed by atoms with Crippen molar-refractivity contribution >= 4 is 35.0 Å². The Hall–Kier alpha value is -0.790. The van der Waals surface area contributed by atoms with Crippen LogP contribution < -0.4 is 28.5 Å². The highest BCUT2D eigenvalue weighted by Crippen LogP contribution is 2.29. The molecule has 0 aliphatic carbocycles. The van der Waals surface area contributed by atoms with Crippen LogP contribution in [-0.4, -0.2) is 18.3 Å². The van der Waals surface area contributed by atoms with Crippen molar-refractivity contribution in [2.45, 2.75) is 0 Å². The molecule has 0 N–H and O–H groups in total. The molecule has 0 aliphatic rings. The van der Waals surface area contributed by atoms with Crippen LogP contribution in [0, 0.1) is 0 Å². The van der Waals surface area contributed by atoms with Crippen LogP contribution in [0.2, 0.25) is 0 Å². The normalized spacial score (nSPS) is 9.62. The molecule has 0 spiro atoms. The van der Waals surface area contributed by atoms with E-state index in [2.05, 4.69) is 0 Å². The molecular formula is C16H16INOS2. The van der Waals surface area contributed by atoms with Crippen LogP contribution in [-0.2, 0) is 0 Å². The van der Waals surface area contributed by atoms with E-state index >= 15 is 0 Å². The molecule has 2 rings (SSSR count). The summed E-state index contributed by atoms with van der Waals surface area (Å²) in [6, 6.07) is 15.2. The molecule has 2 aromatic rings. The summed E-state index contributed by atoms with van der Waals surface area (Å²) in [5.74, 6) is 0.0421. The van der Waals surface area contributed by atoms with Crippen molar-refractivity contribution in [3.63, 3.8) is 0 Å². The van der Waals surface area contributed by atoms with Crippen molar-refractivity contribution in [3.05, 3.63) is 70.7 Å². The van der Waals surface area contributed by atoms with Crippen LogP contribution in [0.15, 0.2) is 65.2 Å². The molecule has 1 aromatic heterocycles. The molecule has 0 amide bonds. The number of carbonyl (C=O) groups is 1. The Morgan fingerprint density at radius 3 is 1.95 bits per heavy atom. The number of ketones is 1. The molecule has 110 valence electrons. The van der Waals surface area contributed by atoms with Gasteiger partial charge >= 0.3 is 0 Å². The average molecular weight is 429 g/mol. The number of carbonyl (C=O) groups excluding carboxylic acids is 1. The van der Waals surface area contributed by atoms with Gasteiger partial charge in [0, 0.05) is 17.7 Å². The number of halogens is 1. The molecular weight excluding hydrogens is 413 g/mol. The highest BCUT2D eigenvalue weighted by molar-refractivity contribution is 8.21. The van der Waals surface area contributed by atoms with Crippen LogP contribution in [0.3, 0.4) is 0 Å². The predicted molar refractivity (Wildman–Crippen MR) is 87.7 cm³/mol. The van der Waals surface area contributed by atoms with Gasteiger partial charge in [0.05, 0.1) is 0 Å². The number of pyridine rings is 1. The molecule has 1 aromatic carbocycles. The molecule has 0 unspecified atom stereocenters. The molecule has 0 saturated heterocycles. The van der Waals surface area contributed by atoms with Gasteiger partial charge < -0.3 is 24.0 Å². The van der Waals surface area contributed by atoms with E-state index < -0.39 is 0 Å². The highest BCUT2D eigenvalue weighted by atomic mass is 127. The van der Waals surface area contributed by atoms with Crippen LogP contribution in [0.4, 0.5) is 0 Å². The largest absolute Gasteiger partial charge is 1.00 e. The molecule has 0 bridgehead atoms. The van der Waals surface area contributed by atoms with Crippen molar-refractivity contribution in [1.29, 1.82) is 0 Å². The van der Waals surface area contributed by atoms with Gasteiger partial charge in [-0.3, -0.25) is 4.79 Å². The van der Waals surface area contributed by atoms with Crippen LogP contribution >= 0.6 is 23.5 Å². The lowest BCUT2D eigenvalue weighted by atomic mass is 10.1. The van der Waals surface area contributed by atoms with Crippen molar-refractivity contribution in [3.8, 4) is 0 Å². The van der Waals surface area contributed by atoms with E-state index in [1.807, 2.05) is 78.0 Å². The number of nitrogens with zero attached hydrogens (tertiary/aromatic N) is 1. The summed E-state index contributed by atoms with van der Waals surface area (Å²) >= 11 is 3.19. The Morgan fingerprint density at radius 1 is 0.905 bits per heavy atom. The van der Waals surface area contributed by atoms with E-state index in [0.717, 1.165) is 4.24 Å². The molecule has 1 heterocycles. The van der Waals surface area contributed by atoms with Crippen LogP contribution in [0.1, 0.15) is 10.4 Å². The topological polar surface area (TPSA) is 20.9 Å². The number of benzene rings is 1. The molecule has 0 atom stereocenters. The molecule has 5 heteroatoms. The van der Waals surface area contributed by atoms with Gasteiger partial charge in [-0.25, -0.2) is 0 Å². The summed E-state index contributed by atoms with van der Waals surface area (Å²) in [6.45, 7) is 0. The SMILES string of the molecule is CSC(SC)=C(C(=O)c1ccccc1)[n+]1ccccc1.[I-]. The number of hydrogen-bond acceptors (Lipinski definition) is 3. The van der Waals surface area contributed by atoms with E-state index in [-0.39, 0.29) is 29.8 Å². The van der Waals surface area contributed by atoms with Gasteiger partial charge in [0.15, 0.2) is 12.4 Å². The minimum atomic E-state index is 0. The Morgan fingerprint density at radius 2 is 1.43 bits per heavy atom. The van der Waals surface area contributed by atoms with Gasteiger partial charge in [0.1, 0.15) is 4.24 Å². The third kappa shape index (κ3) is 4.59. The molecule has 0 aliphatic heterocycles. The summed E-state index contributed by atoms with van der Waals surface area (Å²) in [5.41, 5.74) is 1.41. The van der Waals surface area contributed by atoms with Crippen LogP contribution in [0.25, 0.3) is 5.70 Å². The number of rotatable bonds is 5. The van der Waals surface area contributed by atoms with Crippen molar-refractivity contribution in [2.24, 2.45) is 0 Å². The average Bonchev–Trinajstić information content (AvgIpc) is 2.53. The van der Waals surface area contributed by atoms with Gasteiger partial charge in [-0.2, -0.15) is 4.57 Å². The highest BCUT2D eigenvalue weighted by Gasteiger charge is 2.25. The Kier molecular flexibility index (Phi) is 8.06. The van der Waals surface area contributed by atoms with Crippen molar-refractivity contribution < 1.29 is 33.3 Å². The first kappa shape index (κ1) is 18.3. The number of Topliss-reactive ketones (excluding diaryl/α,β-unsaturated/α-hetero) is 1. The lowest BCUT2D eigenvalue weighted by molar-refractivity contribution is -0.576. The maximum atomic E-state index is 12.8. The second kappa shape index (κ2) is 9.27. The first-order valence-electron chi connectivity index (χ1n) is 6.16. The molecule has 21 heavy (non-hydrogen) atoms. The van der Waals surface area contributed by atoms with E-state index in [1.165, 1.54) is 0 Å². The van der Waals surface area contributed by atoms with E-state index in [4.69, 9.17) is 0 Å². The standard InChI is InChI=1S/C16H16NOS2.HI/c1-19-16(20-2)14(17-11-7-4-8-12-17)15(18)13-9-5-3-6-10-13;/h3-12H,1-2H3;1H/q+1;/p-1. The summed E-state index contributed by atoms with van der Waals surface area (Å²) in [4.78, 5) is 12.8. The maximum absolute atomic E-state index is 12.8. The lowest BCUT2D eigenvalue weighted by Gasteiger charge is -2.06. The summed E-state index contributed by atoms with van der Waals surface area (Å²) in [5, 5.41) is 0. The fourth-order valence-corrected chi connectivity index (χ4v) is 3.32. The zero-order valence-corrected chi connectivity index (χ0v) is 15.6. The number of hydrogen-bond donors (Lipinski definition) is 0. The molecule has 0 radical (unpaired) electrons. The third-order valence-electron chi connectivity index (χ3n) is 2.79.